The zero-order chi connectivity index (χ0) is 11.4. The summed E-state index contributed by atoms with van der Waals surface area (Å²) in [6.07, 6.45) is 1.61. The van der Waals surface area contributed by atoms with Gasteiger partial charge in [0.05, 0.1) is 11.5 Å². The molecule has 0 atom stereocenters. The monoisotopic (exact) mass is 234 g/mol. The number of nitrogens with zero attached hydrogens (tertiary/aromatic N) is 2. The van der Waals surface area contributed by atoms with E-state index in [1.165, 1.54) is 11.3 Å². The molecular weight excluding hydrogens is 224 g/mol. The smallest absolute Gasteiger partial charge is 0.348 e. The fourth-order valence-corrected chi connectivity index (χ4v) is 2.09. The first-order chi connectivity index (χ1) is 7.81. The summed E-state index contributed by atoms with van der Waals surface area (Å²) in [5.41, 5.74) is 0.767. The first-order valence-corrected chi connectivity index (χ1v) is 5.68. The van der Waals surface area contributed by atoms with E-state index in [1.807, 2.05) is 18.2 Å². The summed E-state index contributed by atoms with van der Waals surface area (Å²) in [7, 11) is 0. The Bertz CT molecular complexity index is 482. The second-order valence-corrected chi connectivity index (χ2v) is 4.08. The molecule has 2 aromatic rings. The minimum atomic E-state index is -0.289. The number of carbonyl (C=O) groups excluding carboxylic acids is 1. The molecular formula is C11H10N2O2S. The van der Waals surface area contributed by atoms with E-state index in [-0.39, 0.29) is 5.97 Å². The molecule has 4 nitrogen and oxygen atoms in total. The molecule has 2 rings (SSSR count). The number of rotatable bonds is 3. The number of aromatic nitrogens is 2. The number of ether oxygens (including phenoxy) is 1. The Morgan fingerprint density at radius 1 is 1.44 bits per heavy atom. The molecule has 0 aliphatic carbocycles. The third kappa shape index (κ3) is 2.25. The van der Waals surface area contributed by atoms with Crippen molar-refractivity contribution >= 4 is 17.3 Å². The molecule has 0 N–H and O–H groups in total. The maximum absolute atomic E-state index is 11.4. The van der Waals surface area contributed by atoms with Gasteiger partial charge in [-0.25, -0.2) is 4.79 Å². The van der Waals surface area contributed by atoms with Crippen LogP contribution in [0.5, 0.6) is 0 Å². The lowest BCUT2D eigenvalue weighted by Crippen LogP contribution is -2.01. The van der Waals surface area contributed by atoms with Crippen LogP contribution >= 0.6 is 11.3 Å². The van der Waals surface area contributed by atoms with E-state index in [0.717, 1.165) is 10.6 Å². The van der Waals surface area contributed by atoms with Gasteiger partial charge in [-0.15, -0.1) is 16.4 Å². The molecule has 0 saturated heterocycles. The van der Waals surface area contributed by atoms with Crippen LogP contribution < -0.4 is 0 Å². The fraction of sp³-hybridized carbons (Fsp3) is 0.182. The molecule has 2 aromatic heterocycles. The van der Waals surface area contributed by atoms with Crippen molar-refractivity contribution in [3.63, 3.8) is 0 Å². The Kier molecular flexibility index (Phi) is 3.26. The number of hydrogen-bond acceptors (Lipinski definition) is 5. The summed E-state index contributed by atoms with van der Waals surface area (Å²) in [4.78, 5) is 12.9. The lowest BCUT2D eigenvalue weighted by molar-refractivity contribution is 0.0532. The second-order valence-electron chi connectivity index (χ2n) is 2.99. The van der Waals surface area contributed by atoms with Gasteiger partial charge >= 0.3 is 5.97 Å². The molecule has 0 unspecified atom stereocenters. The Morgan fingerprint density at radius 2 is 2.31 bits per heavy atom. The summed E-state index contributed by atoms with van der Waals surface area (Å²) in [6.45, 7) is 2.17. The summed E-state index contributed by atoms with van der Waals surface area (Å²) in [5.74, 6) is -0.289. The molecule has 0 radical (unpaired) electrons. The first kappa shape index (κ1) is 10.8. The summed E-state index contributed by atoms with van der Waals surface area (Å²) in [5, 5.41) is 7.77. The Morgan fingerprint density at radius 3 is 3.00 bits per heavy atom. The normalized spacial score (nSPS) is 10.1. The van der Waals surface area contributed by atoms with E-state index >= 15 is 0 Å². The van der Waals surface area contributed by atoms with Crippen molar-refractivity contribution in [2.75, 3.05) is 6.61 Å². The van der Waals surface area contributed by atoms with Crippen LogP contribution in [0.1, 0.15) is 16.6 Å². The Balaban J connectivity index is 2.23. The van der Waals surface area contributed by atoms with Gasteiger partial charge in [-0.3, -0.25) is 0 Å². The van der Waals surface area contributed by atoms with Crippen LogP contribution in [0.15, 0.2) is 30.5 Å². The van der Waals surface area contributed by atoms with Crippen molar-refractivity contribution in [3.05, 3.63) is 35.3 Å². The van der Waals surface area contributed by atoms with Crippen LogP contribution in [0.3, 0.4) is 0 Å². The highest BCUT2D eigenvalue weighted by Crippen LogP contribution is 2.26. The van der Waals surface area contributed by atoms with Crippen LogP contribution in [0, 0.1) is 0 Å². The van der Waals surface area contributed by atoms with Crippen molar-refractivity contribution in [2.24, 2.45) is 0 Å². The van der Waals surface area contributed by atoms with Crippen LogP contribution in [0.4, 0.5) is 0 Å². The SMILES string of the molecule is CCOC(=O)c1ccc(-c2cccnn2)s1. The molecule has 0 spiro atoms. The summed E-state index contributed by atoms with van der Waals surface area (Å²) in [6, 6.07) is 7.26. The van der Waals surface area contributed by atoms with Gasteiger partial charge in [0, 0.05) is 6.20 Å². The van der Waals surface area contributed by atoms with Crippen LogP contribution in [-0.4, -0.2) is 22.8 Å². The van der Waals surface area contributed by atoms with E-state index < -0.39 is 0 Å². The zero-order valence-corrected chi connectivity index (χ0v) is 9.53. The van der Waals surface area contributed by atoms with Gasteiger partial charge in [0.1, 0.15) is 10.6 Å². The molecule has 0 fully saturated rings. The topological polar surface area (TPSA) is 52.1 Å². The minimum absolute atomic E-state index is 0.289. The fourth-order valence-electron chi connectivity index (χ4n) is 1.22. The van der Waals surface area contributed by atoms with E-state index in [2.05, 4.69) is 10.2 Å². The van der Waals surface area contributed by atoms with E-state index in [1.54, 1.807) is 19.2 Å². The van der Waals surface area contributed by atoms with Gasteiger partial charge in [0.2, 0.25) is 0 Å². The van der Waals surface area contributed by atoms with Gasteiger partial charge in [0.15, 0.2) is 0 Å². The molecule has 2 heterocycles. The highest BCUT2D eigenvalue weighted by Gasteiger charge is 2.11. The van der Waals surface area contributed by atoms with E-state index in [4.69, 9.17) is 4.74 Å². The molecule has 16 heavy (non-hydrogen) atoms. The Hall–Kier alpha value is -1.75. The van der Waals surface area contributed by atoms with E-state index in [9.17, 15) is 4.79 Å². The van der Waals surface area contributed by atoms with Crippen molar-refractivity contribution < 1.29 is 9.53 Å². The van der Waals surface area contributed by atoms with Crippen molar-refractivity contribution in [1.82, 2.24) is 10.2 Å². The molecule has 0 bridgehead atoms. The lowest BCUT2D eigenvalue weighted by atomic mass is 10.3. The first-order valence-electron chi connectivity index (χ1n) is 4.86. The van der Waals surface area contributed by atoms with Crippen molar-refractivity contribution in [1.29, 1.82) is 0 Å². The molecule has 0 saturated carbocycles. The molecule has 0 aliphatic rings. The minimum Gasteiger partial charge on any atom is -0.462 e. The van der Waals surface area contributed by atoms with Crippen molar-refractivity contribution in [3.8, 4) is 10.6 Å². The summed E-state index contributed by atoms with van der Waals surface area (Å²) >= 11 is 1.36. The number of esters is 1. The average molecular weight is 234 g/mol. The number of hydrogen-bond donors (Lipinski definition) is 0. The summed E-state index contributed by atoms with van der Waals surface area (Å²) < 4.78 is 4.91. The highest BCUT2D eigenvalue weighted by atomic mass is 32.1. The van der Waals surface area contributed by atoms with Gasteiger partial charge in [-0.1, -0.05) is 0 Å². The quantitative estimate of drug-likeness (QED) is 0.765. The number of carbonyl (C=O) groups is 1. The van der Waals surface area contributed by atoms with Crippen molar-refractivity contribution in [2.45, 2.75) is 6.92 Å². The van der Waals surface area contributed by atoms with Crippen LogP contribution in [0.2, 0.25) is 0 Å². The maximum atomic E-state index is 11.4. The second kappa shape index (κ2) is 4.85. The van der Waals surface area contributed by atoms with Gasteiger partial charge in [-0.05, 0) is 31.2 Å². The van der Waals surface area contributed by atoms with Crippen LogP contribution in [0.25, 0.3) is 10.6 Å². The molecule has 5 heteroatoms. The highest BCUT2D eigenvalue weighted by molar-refractivity contribution is 7.17. The third-order valence-electron chi connectivity index (χ3n) is 1.91. The van der Waals surface area contributed by atoms with Crippen LogP contribution in [-0.2, 0) is 4.74 Å². The molecule has 0 aliphatic heterocycles. The van der Waals surface area contributed by atoms with Gasteiger partial charge in [0.25, 0.3) is 0 Å². The average Bonchev–Trinajstić information content (AvgIpc) is 2.80. The maximum Gasteiger partial charge on any atom is 0.348 e. The molecule has 0 amide bonds. The zero-order valence-electron chi connectivity index (χ0n) is 8.71. The number of thiophene rings is 1. The van der Waals surface area contributed by atoms with Gasteiger partial charge in [-0.2, -0.15) is 5.10 Å². The standard InChI is InChI=1S/C11H10N2O2S/c1-2-15-11(14)10-6-5-9(16-10)8-4-3-7-12-13-8/h3-7H,2H2,1H3. The van der Waals surface area contributed by atoms with Gasteiger partial charge < -0.3 is 4.74 Å². The predicted molar refractivity (Wildman–Crippen MR) is 61.3 cm³/mol. The lowest BCUT2D eigenvalue weighted by Gasteiger charge is -1.96. The Labute approximate surface area is 96.9 Å². The molecule has 82 valence electrons. The molecule has 0 aromatic carbocycles. The predicted octanol–water partition coefficient (Wildman–Crippen LogP) is 2.38. The van der Waals surface area contributed by atoms with E-state index in [0.29, 0.717) is 11.5 Å². The third-order valence-corrected chi connectivity index (χ3v) is 3.00. The largest absolute Gasteiger partial charge is 0.462 e.